The first-order valence-electron chi connectivity index (χ1n) is 14.9. The highest BCUT2D eigenvalue weighted by Crippen LogP contribution is 2.38. The van der Waals surface area contributed by atoms with Gasteiger partial charge in [-0.25, -0.2) is 19.9 Å². The van der Waals surface area contributed by atoms with E-state index in [2.05, 4.69) is 33.8 Å². The lowest BCUT2D eigenvalue weighted by atomic mass is 10.1. The Bertz CT molecular complexity index is 2540. The van der Waals surface area contributed by atoms with Crippen molar-refractivity contribution in [1.82, 2.24) is 24.5 Å². The number of oxazole rings is 3. The smallest absolute Gasteiger partial charge is 0.228 e. The number of aromatic nitrogens is 5. The molecule has 0 amide bonds. The molecule has 0 aliphatic carbocycles. The lowest BCUT2D eigenvalue weighted by Gasteiger charge is -2.07. The summed E-state index contributed by atoms with van der Waals surface area (Å²) in [6.07, 6.45) is 1.80. The summed E-state index contributed by atoms with van der Waals surface area (Å²) >= 11 is 0. The molecule has 0 N–H and O–H groups in total. The van der Waals surface area contributed by atoms with Gasteiger partial charge in [-0.15, -0.1) is 0 Å². The van der Waals surface area contributed by atoms with Crippen LogP contribution in [0.4, 0.5) is 0 Å². The predicted octanol–water partition coefficient (Wildman–Crippen LogP) is 9.60. The summed E-state index contributed by atoms with van der Waals surface area (Å²) in [6, 6.07) is 39.8. The van der Waals surface area contributed by atoms with E-state index in [0.717, 1.165) is 77.6 Å². The molecule has 5 aromatic carbocycles. The van der Waals surface area contributed by atoms with Gasteiger partial charge >= 0.3 is 0 Å². The molecule has 46 heavy (non-hydrogen) atoms. The zero-order valence-corrected chi connectivity index (χ0v) is 24.1. The minimum absolute atomic E-state index is 0.536. The van der Waals surface area contributed by atoms with Gasteiger partial charge < -0.3 is 13.3 Å². The molecule has 0 radical (unpaired) electrons. The third-order valence-electron chi connectivity index (χ3n) is 8.36. The van der Waals surface area contributed by atoms with E-state index in [4.69, 9.17) is 28.2 Å². The van der Waals surface area contributed by atoms with Crippen LogP contribution in [0.3, 0.4) is 0 Å². The van der Waals surface area contributed by atoms with Gasteiger partial charge in [0.25, 0.3) is 0 Å². The molecule has 8 heteroatoms. The molecule has 5 aromatic heterocycles. The number of para-hydroxylation sites is 6. The van der Waals surface area contributed by atoms with Gasteiger partial charge in [0, 0.05) is 28.1 Å². The number of benzene rings is 5. The summed E-state index contributed by atoms with van der Waals surface area (Å²) in [6.45, 7) is 0. The van der Waals surface area contributed by atoms with Crippen LogP contribution in [0.15, 0.2) is 141 Å². The van der Waals surface area contributed by atoms with E-state index >= 15 is 0 Å². The van der Waals surface area contributed by atoms with E-state index in [1.165, 1.54) is 0 Å². The second kappa shape index (κ2) is 9.48. The number of fused-ring (bicyclic) bond motifs is 6. The summed E-state index contributed by atoms with van der Waals surface area (Å²) in [5.74, 6) is 2.44. The summed E-state index contributed by atoms with van der Waals surface area (Å²) in [5, 5.41) is 2.05. The third kappa shape index (κ3) is 3.80. The fourth-order valence-corrected chi connectivity index (χ4v) is 6.17. The van der Waals surface area contributed by atoms with E-state index in [0.29, 0.717) is 17.7 Å². The van der Waals surface area contributed by atoms with Gasteiger partial charge in [0.1, 0.15) is 22.4 Å². The fraction of sp³-hybridized carbons (Fsp3) is 0. The minimum Gasteiger partial charge on any atom is -0.436 e. The van der Waals surface area contributed by atoms with Gasteiger partial charge in [-0.1, -0.05) is 36.4 Å². The first kappa shape index (κ1) is 24.9. The van der Waals surface area contributed by atoms with Crippen molar-refractivity contribution in [2.45, 2.75) is 0 Å². The standard InChI is InChI=1S/C38H21N5O3/c1-4-10-32-27(7-1)40-36(44-32)22-13-16-30-25(19-22)26-20-23(37-41-28-8-2-5-11-33(28)45-37)14-17-31(26)43(30)35-18-15-24(21-39-35)38-42-29-9-3-6-12-34(29)46-38/h1-21H. The van der Waals surface area contributed by atoms with Crippen molar-refractivity contribution in [3.8, 4) is 40.2 Å². The third-order valence-corrected chi connectivity index (χ3v) is 8.36. The lowest BCUT2D eigenvalue weighted by molar-refractivity contribution is 0.619. The summed E-state index contributed by atoms with van der Waals surface area (Å²) in [5.41, 5.74) is 9.26. The highest BCUT2D eigenvalue weighted by Gasteiger charge is 2.19. The Balaban J connectivity index is 1.16. The quantitative estimate of drug-likeness (QED) is 0.200. The highest BCUT2D eigenvalue weighted by molar-refractivity contribution is 6.11. The number of rotatable bonds is 4. The molecule has 0 aliphatic rings. The Labute approximate surface area is 260 Å². The maximum atomic E-state index is 6.14. The maximum Gasteiger partial charge on any atom is 0.228 e. The van der Waals surface area contributed by atoms with Crippen LogP contribution in [0.1, 0.15) is 0 Å². The van der Waals surface area contributed by atoms with Crippen molar-refractivity contribution < 1.29 is 13.3 Å². The van der Waals surface area contributed by atoms with Crippen LogP contribution in [0.2, 0.25) is 0 Å². The van der Waals surface area contributed by atoms with E-state index < -0.39 is 0 Å². The average molecular weight is 596 g/mol. The van der Waals surface area contributed by atoms with E-state index in [9.17, 15) is 0 Å². The Morgan fingerprint density at radius 3 is 1.30 bits per heavy atom. The first-order chi connectivity index (χ1) is 22.7. The molecule has 0 bridgehead atoms. The molecule has 8 nitrogen and oxygen atoms in total. The zero-order chi connectivity index (χ0) is 30.2. The Kier molecular flexibility index (Phi) is 5.12. The van der Waals surface area contributed by atoms with Crippen LogP contribution in [-0.4, -0.2) is 24.5 Å². The van der Waals surface area contributed by atoms with Crippen LogP contribution in [0.25, 0.3) is 95.3 Å². The van der Waals surface area contributed by atoms with Crippen molar-refractivity contribution in [2.75, 3.05) is 0 Å². The molecular weight excluding hydrogens is 574 g/mol. The van der Waals surface area contributed by atoms with E-state index in [1.807, 2.05) is 97.1 Å². The number of pyridine rings is 1. The lowest BCUT2D eigenvalue weighted by Crippen LogP contribution is -1.97. The van der Waals surface area contributed by atoms with E-state index in [1.54, 1.807) is 6.20 Å². The Morgan fingerprint density at radius 1 is 0.435 bits per heavy atom. The molecular formula is C38H21N5O3. The van der Waals surface area contributed by atoms with Crippen LogP contribution >= 0.6 is 0 Å². The Morgan fingerprint density at radius 2 is 0.870 bits per heavy atom. The topological polar surface area (TPSA) is 95.9 Å². The SMILES string of the molecule is c1ccc2oc(-c3ccc(-n4c5ccc(-c6nc7ccccc7o6)cc5c5cc(-c6nc7ccccc7o6)ccc54)nc3)nc2c1. The van der Waals surface area contributed by atoms with Crippen LogP contribution in [0.5, 0.6) is 0 Å². The van der Waals surface area contributed by atoms with Gasteiger partial charge in [-0.2, -0.15) is 0 Å². The van der Waals surface area contributed by atoms with Crippen molar-refractivity contribution in [2.24, 2.45) is 0 Å². The van der Waals surface area contributed by atoms with Crippen molar-refractivity contribution in [1.29, 1.82) is 0 Å². The maximum absolute atomic E-state index is 6.14. The average Bonchev–Trinajstić information content (AvgIpc) is 3.90. The number of nitrogens with zero attached hydrogens (tertiary/aromatic N) is 5. The van der Waals surface area contributed by atoms with Gasteiger partial charge in [-0.3, -0.25) is 4.57 Å². The van der Waals surface area contributed by atoms with Gasteiger partial charge in [0.2, 0.25) is 17.7 Å². The summed E-state index contributed by atoms with van der Waals surface area (Å²) < 4.78 is 20.4. The molecule has 10 aromatic rings. The largest absolute Gasteiger partial charge is 0.436 e. The van der Waals surface area contributed by atoms with Crippen LogP contribution in [0, 0.1) is 0 Å². The molecule has 5 heterocycles. The molecule has 10 rings (SSSR count). The van der Waals surface area contributed by atoms with Gasteiger partial charge in [0.15, 0.2) is 16.7 Å². The monoisotopic (exact) mass is 595 g/mol. The second-order valence-electron chi connectivity index (χ2n) is 11.2. The van der Waals surface area contributed by atoms with Crippen molar-refractivity contribution in [3.05, 3.63) is 128 Å². The second-order valence-corrected chi connectivity index (χ2v) is 11.2. The van der Waals surface area contributed by atoms with Crippen LogP contribution in [-0.2, 0) is 0 Å². The first-order valence-corrected chi connectivity index (χ1v) is 14.9. The fourth-order valence-electron chi connectivity index (χ4n) is 6.17. The molecule has 0 saturated carbocycles. The molecule has 216 valence electrons. The predicted molar refractivity (Wildman–Crippen MR) is 178 cm³/mol. The zero-order valence-electron chi connectivity index (χ0n) is 24.1. The minimum atomic E-state index is 0.536. The normalized spacial score (nSPS) is 11.9. The van der Waals surface area contributed by atoms with Crippen molar-refractivity contribution >= 4 is 55.1 Å². The Hall–Kier alpha value is -6.54. The molecule has 0 fully saturated rings. The number of hydrogen-bond acceptors (Lipinski definition) is 7. The van der Waals surface area contributed by atoms with Gasteiger partial charge in [0.05, 0.1) is 16.6 Å². The van der Waals surface area contributed by atoms with Crippen LogP contribution < -0.4 is 0 Å². The molecule has 0 spiro atoms. The van der Waals surface area contributed by atoms with Crippen molar-refractivity contribution in [3.63, 3.8) is 0 Å². The summed E-state index contributed by atoms with van der Waals surface area (Å²) in [4.78, 5) is 19.0. The molecule has 0 unspecified atom stereocenters. The van der Waals surface area contributed by atoms with Gasteiger partial charge in [-0.05, 0) is 84.9 Å². The van der Waals surface area contributed by atoms with E-state index in [-0.39, 0.29) is 0 Å². The molecule has 0 atom stereocenters. The number of hydrogen-bond donors (Lipinski definition) is 0. The summed E-state index contributed by atoms with van der Waals surface area (Å²) in [7, 11) is 0. The highest BCUT2D eigenvalue weighted by atomic mass is 16.4. The molecule has 0 aliphatic heterocycles. The molecule has 0 saturated heterocycles.